The number of primary amides is 1. The van der Waals surface area contributed by atoms with Gasteiger partial charge in [0.2, 0.25) is 106 Å². The van der Waals surface area contributed by atoms with Crippen molar-refractivity contribution in [2.75, 3.05) is 0 Å². The first-order valence-electron chi connectivity index (χ1n) is 31.9. The first kappa shape index (κ1) is 76.4. The first-order valence-corrected chi connectivity index (χ1v) is 31.9. The van der Waals surface area contributed by atoms with E-state index in [-0.39, 0.29) is 51.4 Å². The third-order valence-electron chi connectivity index (χ3n) is 17.5. The summed E-state index contributed by atoms with van der Waals surface area (Å²) in [6, 6.07) is -10.9. The molecule has 0 aromatic carbocycles. The van der Waals surface area contributed by atoms with E-state index in [1.807, 2.05) is 0 Å². The second-order valence-corrected chi connectivity index (χ2v) is 29.0. The summed E-state index contributed by atoms with van der Waals surface area (Å²) < 4.78 is 0. The van der Waals surface area contributed by atoms with Gasteiger partial charge in [-0.25, -0.2) is 0 Å². The maximum absolute atomic E-state index is 13.8. The van der Waals surface area contributed by atoms with E-state index >= 15 is 0 Å². The molecule has 0 radical (unpaired) electrons. The lowest BCUT2D eigenvalue weighted by molar-refractivity contribution is -0.134. The first-order chi connectivity index (χ1) is 44.6. The lowest BCUT2D eigenvalue weighted by atomic mass is 9.97. The average molecular weight is 1370 g/mol. The van der Waals surface area contributed by atoms with Gasteiger partial charge in [0.15, 0.2) is 0 Å². The van der Waals surface area contributed by atoms with Crippen molar-refractivity contribution in [3.8, 4) is 0 Å². The molecule has 12 atom stereocenters. The van der Waals surface area contributed by atoms with Crippen LogP contribution in [0, 0.1) is 0 Å². The van der Waals surface area contributed by atoms with Crippen LogP contribution in [0.5, 0.6) is 0 Å². The Balaban J connectivity index is 0.942. The molecular weight excluding hydrogens is 1270 g/mol. The molecule has 97 heavy (non-hydrogen) atoms. The van der Waals surface area contributed by atoms with Crippen molar-refractivity contribution in [1.82, 2.24) is 90.4 Å². The van der Waals surface area contributed by atoms with Gasteiger partial charge < -0.3 is 102 Å². The van der Waals surface area contributed by atoms with E-state index in [4.69, 9.17) is 11.5 Å². The number of nitrogens with two attached hydrogens (primary N) is 2. The van der Waals surface area contributed by atoms with E-state index in [1.165, 1.54) is 83.1 Å². The standard InChI is InChI=1S/C60H93N19O18/c1-55(2,62)49(92)69-32-15-39(82)64-26(32)20-44(87)75-57(5,6)51(94)71-34-17-41(84)66-28(34)22-46(89)77-59(9,10)53(96)73-36-19-43(86)68-30(36)24-48(91)79-60(11,12)54(97)74-35-18-42(85)67-29(35)23-47(90)78-58(7,8)52(95)72-33-16-40(83)65-27(33)21-45(88)76-56(3,4)50(93)70-31-14-38(81)63-25(31)13-37(61)80/h25-36H,13-24,62H2,1-12H3,(H2,61,80)(H,63,81)(H,64,82)(H,65,83)(H,66,84)(H,67,85)(H,68,86)(H,69,92)(H,70,93)(H,71,94)(H,72,95)(H,73,96)(H,74,97)(H,75,87)(H,76,88)(H,77,89)(H,78,90)(H,79,91)/t25-,26-,27-,28-,29-,30-,31+,32+,33+,34+,35+,36+/m1/s1. The predicted molar refractivity (Wildman–Crippen MR) is 337 cm³/mol. The van der Waals surface area contributed by atoms with Gasteiger partial charge >= 0.3 is 0 Å². The topological polar surface area (TPSA) is 564 Å². The fourth-order valence-corrected chi connectivity index (χ4v) is 11.9. The zero-order valence-electron chi connectivity index (χ0n) is 56.4. The summed E-state index contributed by atoms with van der Waals surface area (Å²) in [5.74, 6) is -11.4. The molecule has 21 N–H and O–H groups in total. The van der Waals surface area contributed by atoms with Crippen molar-refractivity contribution in [1.29, 1.82) is 0 Å². The van der Waals surface area contributed by atoms with Crippen LogP contribution < -0.4 is 102 Å². The molecule has 0 saturated carbocycles. The summed E-state index contributed by atoms with van der Waals surface area (Å²) in [4.78, 5) is 234. The molecule has 37 nitrogen and oxygen atoms in total. The second-order valence-electron chi connectivity index (χ2n) is 29.0. The van der Waals surface area contributed by atoms with Crippen molar-refractivity contribution >= 4 is 106 Å². The smallest absolute Gasteiger partial charge is 0.245 e. The average Bonchev–Trinajstić information content (AvgIpc) is 1.82. The summed E-state index contributed by atoms with van der Waals surface area (Å²) in [5.41, 5.74) is 1.76. The van der Waals surface area contributed by atoms with Crippen LogP contribution in [0.3, 0.4) is 0 Å². The van der Waals surface area contributed by atoms with Gasteiger partial charge in [-0.1, -0.05) is 0 Å². The summed E-state index contributed by atoms with van der Waals surface area (Å²) in [6.07, 6.45) is -3.48. The molecule has 0 aliphatic carbocycles. The fourth-order valence-electron chi connectivity index (χ4n) is 11.9. The summed E-state index contributed by atoms with van der Waals surface area (Å²) >= 11 is 0. The van der Waals surface area contributed by atoms with Crippen molar-refractivity contribution in [3.63, 3.8) is 0 Å². The molecule has 0 unspecified atom stereocenters. The normalized spacial score (nSPS) is 25.7. The highest BCUT2D eigenvalue weighted by Gasteiger charge is 2.47. The number of amides is 18. The second kappa shape index (κ2) is 29.8. The zero-order valence-corrected chi connectivity index (χ0v) is 56.4. The Morgan fingerprint density at radius 2 is 0.454 bits per heavy atom. The van der Waals surface area contributed by atoms with Crippen molar-refractivity contribution in [2.45, 2.75) is 266 Å². The van der Waals surface area contributed by atoms with E-state index in [2.05, 4.69) is 90.4 Å². The predicted octanol–water partition coefficient (Wildman–Crippen LogP) is -8.74. The van der Waals surface area contributed by atoms with Crippen LogP contribution in [-0.2, 0) is 86.3 Å². The van der Waals surface area contributed by atoms with E-state index < -0.39 is 238 Å². The Morgan fingerprint density at radius 1 is 0.299 bits per heavy atom. The maximum atomic E-state index is 13.8. The minimum Gasteiger partial charge on any atom is -0.370 e. The Morgan fingerprint density at radius 3 is 0.608 bits per heavy atom. The van der Waals surface area contributed by atoms with Crippen LogP contribution in [0.1, 0.15) is 160 Å². The van der Waals surface area contributed by atoms with Crippen LogP contribution in [0.15, 0.2) is 0 Å². The largest absolute Gasteiger partial charge is 0.370 e. The highest BCUT2D eigenvalue weighted by atomic mass is 16.2. The number of rotatable bonds is 29. The number of carbonyl (C=O) groups excluding carboxylic acids is 18. The van der Waals surface area contributed by atoms with E-state index in [1.54, 1.807) is 0 Å². The third-order valence-corrected chi connectivity index (χ3v) is 17.5. The number of hydrogen-bond donors (Lipinski definition) is 19. The van der Waals surface area contributed by atoms with Gasteiger partial charge in [-0.2, -0.15) is 0 Å². The quantitative estimate of drug-likeness (QED) is 0.0331. The van der Waals surface area contributed by atoms with Gasteiger partial charge in [0.05, 0.1) is 78.0 Å². The molecule has 0 spiro atoms. The Labute approximate surface area is 558 Å². The van der Waals surface area contributed by atoms with E-state index in [0.717, 1.165) is 0 Å². The zero-order chi connectivity index (χ0) is 72.8. The monoisotopic (exact) mass is 1370 g/mol. The van der Waals surface area contributed by atoms with Crippen LogP contribution in [-0.4, -0.2) is 212 Å². The molecule has 6 aliphatic heterocycles. The van der Waals surface area contributed by atoms with Gasteiger partial charge in [-0.15, -0.1) is 0 Å². The third kappa shape index (κ3) is 21.0. The molecule has 6 rings (SSSR count). The van der Waals surface area contributed by atoms with Gasteiger partial charge in [0.1, 0.15) is 27.7 Å². The summed E-state index contributed by atoms with van der Waals surface area (Å²) in [7, 11) is 0. The number of carbonyl (C=O) groups is 18. The fraction of sp³-hybridized carbons (Fsp3) is 0.700. The molecule has 536 valence electrons. The molecule has 6 aliphatic rings. The minimum atomic E-state index is -1.69. The molecule has 6 saturated heterocycles. The van der Waals surface area contributed by atoms with Gasteiger partial charge in [-0.3, -0.25) is 86.3 Å². The van der Waals surface area contributed by atoms with E-state index in [0.29, 0.717) is 0 Å². The molecular formula is C60H93N19O18. The Bertz CT molecular complexity index is 3250. The number of nitrogens with one attached hydrogen (secondary N) is 17. The SMILES string of the molecule is CC(C)(N)C(=O)N[C@H]1CC(=O)N[C@@H]1CC(=O)NC(C)(C)C(=O)N[C@H]1CC(=O)N[C@@H]1CC(=O)NC(C)(C)C(=O)N[C@H]1CC(=O)N[C@@H]1CC(=O)NC(C)(C)C(=O)N[C@H]1CC(=O)N[C@@H]1CC(=O)NC(C)(C)C(=O)N[C@H]1CC(=O)N[C@@H]1CC(=O)NC(C)(C)C(=O)N[C@H]1CC(=O)N[C@@H]1CC(N)=O. The Hall–Kier alpha value is -9.58. The van der Waals surface area contributed by atoms with Gasteiger partial charge in [-0.05, 0) is 83.1 Å². The van der Waals surface area contributed by atoms with E-state index in [9.17, 15) is 86.3 Å². The highest BCUT2D eigenvalue weighted by Crippen LogP contribution is 2.23. The number of hydrogen-bond acceptors (Lipinski definition) is 19. The van der Waals surface area contributed by atoms with Crippen LogP contribution in [0.2, 0.25) is 0 Å². The van der Waals surface area contributed by atoms with Crippen LogP contribution in [0.4, 0.5) is 0 Å². The van der Waals surface area contributed by atoms with Gasteiger partial charge in [0, 0.05) is 77.0 Å². The molecule has 6 fully saturated rings. The molecule has 0 aromatic heterocycles. The van der Waals surface area contributed by atoms with Crippen molar-refractivity contribution < 1.29 is 86.3 Å². The molecule has 37 heteroatoms. The lowest BCUT2D eigenvalue weighted by Gasteiger charge is -2.31. The summed E-state index contributed by atoms with van der Waals surface area (Å²) in [5, 5.41) is 44.8. The van der Waals surface area contributed by atoms with Crippen LogP contribution in [0.25, 0.3) is 0 Å². The lowest BCUT2D eigenvalue weighted by Crippen LogP contribution is -2.61. The van der Waals surface area contributed by atoms with Crippen molar-refractivity contribution in [2.24, 2.45) is 11.5 Å². The highest BCUT2D eigenvalue weighted by molar-refractivity contribution is 5.98. The molecule has 0 aromatic rings. The molecule has 0 bridgehead atoms. The maximum Gasteiger partial charge on any atom is 0.245 e. The van der Waals surface area contributed by atoms with Crippen molar-refractivity contribution in [3.05, 3.63) is 0 Å². The van der Waals surface area contributed by atoms with Gasteiger partial charge in [0.25, 0.3) is 0 Å². The Kier molecular flexibility index (Phi) is 23.5. The molecule has 18 amide bonds. The minimum absolute atomic E-state index is 0.0934. The summed E-state index contributed by atoms with van der Waals surface area (Å²) in [6.45, 7) is 16.8. The molecule has 6 heterocycles. The van der Waals surface area contributed by atoms with Crippen LogP contribution >= 0.6 is 0 Å².